The SMILES string of the molecule is CC(=O)N1C(=O)[C@@]2(SCC(=O)N2c2ccc(F)cc2)c2ccccc21. The Morgan fingerprint density at radius 3 is 2.48 bits per heavy atom. The van der Waals surface area contributed by atoms with E-state index in [2.05, 4.69) is 0 Å². The monoisotopic (exact) mass is 356 g/mol. The van der Waals surface area contributed by atoms with Gasteiger partial charge in [0.05, 0.1) is 11.4 Å². The highest BCUT2D eigenvalue weighted by Crippen LogP contribution is 2.55. The minimum Gasteiger partial charge on any atom is -0.283 e. The van der Waals surface area contributed by atoms with Crippen molar-refractivity contribution in [1.82, 2.24) is 0 Å². The molecule has 0 aliphatic carbocycles. The number of fused-ring (bicyclic) bond motifs is 2. The summed E-state index contributed by atoms with van der Waals surface area (Å²) in [4.78, 5) is 39.1. The number of hydrogen-bond acceptors (Lipinski definition) is 4. The lowest BCUT2D eigenvalue weighted by Gasteiger charge is -2.32. The highest BCUT2D eigenvalue weighted by Gasteiger charge is 2.61. The number of halogens is 1. The number of rotatable bonds is 1. The molecule has 2 aliphatic heterocycles. The molecular weight excluding hydrogens is 343 g/mol. The highest BCUT2D eigenvalue weighted by molar-refractivity contribution is 8.02. The van der Waals surface area contributed by atoms with Crippen molar-refractivity contribution in [2.24, 2.45) is 0 Å². The van der Waals surface area contributed by atoms with Crippen LogP contribution in [0.4, 0.5) is 15.8 Å². The molecule has 1 fully saturated rings. The molecule has 126 valence electrons. The average molecular weight is 356 g/mol. The van der Waals surface area contributed by atoms with Gasteiger partial charge < -0.3 is 0 Å². The minimum absolute atomic E-state index is 0.100. The average Bonchev–Trinajstić information content (AvgIpc) is 3.06. The fourth-order valence-corrected chi connectivity index (χ4v) is 4.73. The van der Waals surface area contributed by atoms with Crippen LogP contribution in [0.1, 0.15) is 12.5 Å². The first-order valence-corrected chi connectivity index (χ1v) is 8.62. The van der Waals surface area contributed by atoms with Crippen molar-refractivity contribution in [1.29, 1.82) is 0 Å². The molecule has 0 unspecified atom stereocenters. The first-order valence-electron chi connectivity index (χ1n) is 7.64. The molecule has 4 rings (SSSR count). The van der Waals surface area contributed by atoms with Gasteiger partial charge in [0.15, 0.2) is 0 Å². The summed E-state index contributed by atoms with van der Waals surface area (Å²) < 4.78 is 13.3. The second kappa shape index (κ2) is 5.42. The van der Waals surface area contributed by atoms with Crippen LogP contribution in [-0.2, 0) is 19.3 Å². The maximum absolute atomic E-state index is 13.3. The number of anilines is 2. The predicted molar refractivity (Wildman–Crippen MR) is 92.6 cm³/mol. The lowest BCUT2D eigenvalue weighted by atomic mass is 10.0. The van der Waals surface area contributed by atoms with Crippen molar-refractivity contribution >= 4 is 40.9 Å². The standard InChI is InChI=1S/C18H13FN2O3S/c1-11(22)20-15-5-3-2-4-14(15)18(17(20)24)21(16(23)10-25-18)13-8-6-12(19)7-9-13/h2-9H,10H2,1H3/t18-/m0/s1. The summed E-state index contributed by atoms with van der Waals surface area (Å²) >= 11 is 1.18. The second-order valence-corrected chi connectivity index (χ2v) is 6.98. The van der Waals surface area contributed by atoms with Gasteiger partial charge in [-0.15, -0.1) is 11.8 Å². The van der Waals surface area contributed by atoms with Gasteiger partial charge in [0, 0.05) is 18.2 Å². The molecule has 1 saturated heterocycles. The molecule has 0 N–H and O–H groups in total. The third-order valence-corrected chi connectivity index (χ3v) is 5.76. The van der Waals surface area contributed by atoms with Crippen LogP contribution in [0.3, 0.4) is 0 Å². The Morgan fingerprint density at radius 1 is 1.12 bits per heavy atom. The Kier molecular flexibility index (Phi) is 3.43. The van der Waals surface area contributed by atoms with E-state index >= 15 is 0 Å². The molecule has 5 nitrogen and oxygen atoms in total. The zero-order valence-corrected chi connectivity index (χ0v) is 14.0. The summed E-state index contributed by atoms with van der Waals surface area (Å²) in [5.74, 6) is -1.47. The van der Waals surface area contributed by atoms with Gasteiger partial charge in [0.25, 0.3) is 5.91 Å². The Morgan fingerprint density at radius 2 is 1.80 bits per heavy atom. The predicted octanol–water partition coefficient (Wildman–Crippen LogP) is 2.65. The Hall–Kier alpha value is -2.67. The topological polar surface area (TPSA) is 57.7 Å². The maximum Gasteiger partial charge on any atom is 0.275 e. The minimum atomic E-state index is -1.34. The van der Waals surface area contributed by atoms with Crippen LogP contribution in [0.15, 0.2) is 48.5 Å². The fourth-order valence-electron chi connectivity index (χ4n) is 3.39. The van der Waals surface area contributed by atoms with E-state index in [1.165, 1.54) is 47.9 Å². The molecule has 0 bridgehead atoms. The number of carbonyl (C=O) groups is 3. The molecule has 25 heavy (non-hydrogen) atoms. The smallest absolute Gasteiger partial charge is 0.275 e. The Labute approximate surface area is 147 Å². The molecule has 7 heteroatoms. The van der Waals surface area contributed by atoms with E-state index in [0.29, 0.717) is 16.9 Å². The lowest BCUT2D eigenvalue weighted by molar-refractivity contribution is -0.128. The van der Waals surface area contributed by atoms with E-state index in [1.807, 2.05) is 0 Å². The van der Waals surface area contributed by atoms with Crippen LogP contribution < -0.4 is 9.80 Å². The number of para-hydroxylation sites is 1. The number of benzene rings is 2. The van der Waals surface area contributed by atoms with Crippen molar-refractivity contribution in [2.75, 3.05) is 15.6 Å². The van der Waals surface area contributed by atoms with Gasteiger partial charge >= 0.3 is 0 Å². The van der Waals surface area contributed by atoms with Gasteiger partial charge in [0.2, 0.25) is 16.7 Å². The molecule has 2 heterocycles. The summed E-state index contributed by atoms with van der Waals surface area (Å²) in [5.41, 5.74) is 1.50. The lowest BCUT2D eigenvalue weighted by Crippen LogP contribution is -2.50. The zero-order chi connectivity index (χ0) is 17.8. The Bertz CT molecular complexity index is 915. The van der Waals surface area contributed by atoms with Crippen LogP contribution in [0.25, 0.3) is 0 Å². The molecule has 0 aromatic heterocycles. The fraction of sp³-hybridized carbons (Fsp3) is 0.167. The van der Waals surface area contributed by atoms with Crippen LogP contribution in [0.5, 0.6) is 0 Å². The van der Waals surface area contributed by atoms with E-state index in [0.717, 1.165) is 4.90 Å². The quantitative estimate of drug-likeness (QED) is 0.788. The summed E-state index contributed by atoms with van der Waals surface area (Å²) in [6.07, 6.45) is 0. The van der Waals surface area contributed by atoms with Crippen molar-refractivity contribution < 1.29 is 18.8 Å². The number of amides is 3. The Balaban J connectivity index is 1.95. The highest BCUT2D eigenvalue weighted by atomic mass is 32.2. The molecule has 0 radical (unpaired) electrons. The summed E-state index contributed by atoms with van der Waals surface area (Å²) in [6, 6.07) is 12.4. The van der Waals surface area contributed by atoms with Crippen LogP contribution >= 0.6 is 11.8 Å². The van der Waals surface area contributed by atoms with Crippen LogP contribution in [-0.4, -0.2) is 23.5 Å². The first-order chi connectivity index (χ1) is 12.0. The third kappa shape index (κ3) is 2.05. The van der Waals surface area contributed by atoms with Crippen LogP contribution in [0.2, 0.25) is 0 Å². The van der Waals surface area contributed by atoms with Gasteiger partial charge in [-0.1, -0.05) is 18.2 Å². The van der Waals surface area contributed by atoms with Gasteiger partial charge in [-0.25, -0.2) is 9.29 Å². The zero-order valence-electron chi connectivity index (χ0n) is 13.2. The molecule has 0 saturated carbocycles. The molecule has 1 spiro atoms. The molecule has 3 amide bonds. The molecule has 2 aromatic carbocycles. The van der Waals surface area contributed by atoms with E-state index in [4.69, 9.17) is 0 Å². The van der Waals surface area contributed by atoms with Crippen molar-refractivity contribution in [3.8, 4) is 0 Å². The third-order valence-electron chi connectivity index (χ3n) is 4.37. The van der Waals surface area contributed by atoms with E-state index in [-0.39, 0.29) is 11.7 Å². The molecule has 1 atom stereocenters. The summed E-state index contributed by atoms with van der Waals surface area (Å²) in [5, 5.41) is 0. The summed E-state index contributed by atoms with van der Waals surface area (Å²) in [6.45, 7) is 1.32. The number of imide groups is 1. The van der Waals surface area contributed by atoms with E-state index in [9.17, 15) is 18.8 Å². The summed E-state index contributed by atoms with van der Waals surface area (Å²) in [7, 11) is 0. The van der Waals surface area contributed by atoms with Gasteiger partial charge in [-0.3, -0.25) is 19.3 Å². The number of carbonyl (C=O) groups excluding carboxylic acids is 3. The van der Waals surface area contributed by atoms with Gasteiger partial charge in [0.1, 0.15) is 5.82 Å². The maximum atomic E-state index is 13.3. The number of thioether (sulfide) groups is 1. The normalized spacial score (nSPS) is 22.0. The first kappa shape index (κ1) is 15.8. The number of nitrogens with zero attached hydrogens (tertiary/aromatic N) is 2. The van der Waals surface area contributed by atoms with Gasteiger partial charge in [-0.2, -0.15) is 0 Å². The van der Waals surface area contributed by atoms with Crippen molar-refractivity contribution in [2.45, 2.75) is 11.8 Å². The van der Waals surface area contributed by atoms with E-state index < -0.39 is 22.5 Å². The van der Waals surface area contributed by atoms with Gasteiger partial charge in [-0.05, 0) is 30.3 Å². The van der Waals surface area contributed by atoms with Crippen LogP contribution in [0, 0.1) is 5.82 Å². The number of hydrogen-bond donors (Lipinski definition) is 0. The van der Waals surface area contributed by atoms with E-state index in [1.54, 1.807) is 24.3 Å². The molecule has 2 aliphatic rings. The largest absolute Gasteiger partial charge is 0.283 e. The molecular formula is C18H13FN2O3S. The molecule has 2 aromatic rings. The van der Waals surface area contributed by atoms with Crippen molar-refractivity contribution in [3.63, 3.8) is 0 Å². The second-order valence-electron chi connectivity index (χ2n) is 5.81. The van der Waals surface area contributed by atoms with Crippen molar-refractivity contribution in [3.05, 3.63) is 59.9 Å².